The zero-order valence-corrected chi connectivity index (χ0v) is 14.1. The number of ether oxygens (including phenoxy) is 3. The van der Waals surface area contributed by atoms with Gasteiger partial charge in [0.25, 0.3) is 5.91 Å². The minimum atomic E-state index is -0.124. The number of nitrogens with one attached hydrogen (secondary N) is 1. The number of hydrogen-bond donors (Lipinski definition) is 1. The number of fused-ring (bicyclic) bond motifs is 1. The monoisotopic (exact) mass is 347 g/mol. The van der Waals surface area contributed by atoms with Crippen molar-refractivity contribution in [3.63, 3.8) is 0 Å². The smallest absolute Gasteiger partial charge is 0.251 e. The molecule has 1 aliphatic heterocycles. The molecule has 2 aromatic rings. The minimum Gasteiger partial charge on any atom is -0.497 e. The molecule has 0 saturated heterocycles. The Hall–Kier alpha value is -2.40. The quantitative estimate of drug-likeness (QED) is 0.903. The van der Waals surface area contributed by atoms with Gasteiger partial charge < -0.3 is 19.5 Å². The highest BCUT2D eigenvalue weighted by atomic mass is 35.5. The zero-order valence-electron chi connectivity index (χ0n) is 13.3. The Labute approximate surface area is 145 Å². The van der Waals surface area contributed by atoms with Crippen LogP contribution in [0.1, 0.15) is 15.9 Å². The number of benzene rings is 2. The van der Waals surface area contributed by atoms with E-state index in [1.54, 1.807) is 31.4 Å². The molecule has 126 valence electrons. The van der Waals surface area contributed by atoms with Crippen LogP contribution < -0.4 is 19.5 Å². The van der Waals surface area contributed by atoms with Crippen molar-refractivity contribution < 1.29 is 19.0 Å². The number of rotatable bonds is 5. The van der Waals surface area contributed by atoms with E-state index in [4.69, 9.17) is 25.8 Å². The largest absolute Gasteiger partial charge is 0.497 e. The van der Waals surface area contributed by atoms with Crippen LogP contribution in [0.5, 0.6) is 17.2 Å². The second-order valence-corrected chi connectivity index (χ2v) is 5.74. The lowest BCUT2D eigenvalue weighted by Crippen LogP contribution is -2.25. The molecular weight excluding hydrogens is 330 g/mol. The molecule has 0 radical (unpaired) electrons. The first-order chi connectivity index (χ1) is 11.7. The van der Waals surface area contributed by atoms with E-state index >= 15 is 0 Å². The van der Waals surface area contributed by atoms with Gasteiger partial charge in [0, 0.05) is 12.1 Å². The predicted molar refractivity (Wildman–Crippen MR) is 91.5 cm³/mol. The zero-order chi connectivity index (χ0) is 16.9. The van der Waals surface area contributed by atoms with Crippen molar-refractivity contribution in [2.45, 2.75) is 6.42 Å². The van der Waals surface area contributed by atoms with E-state index in [1.807, 2.05) is 12.1 Å². The van der Waals surface area contributed by atoms with Crippen molar-refractivity contribution in [1.82, 2.24) is 5.32 Å². The van der Waals surface area contributed by atoms with Gasteiger partial charge in [0.15, 0.2) is 11.5 Å². The molecule has 1 N–H and O–H groups in total. The van der Waals surface area contributed by atoms with Crippen LogP contribution in [0.25, 0.3) is 0 Å². The Bertz CT molecular complexity index is 731. The predicted octanol–water partition coefficient (Wildman–Crippen LogP) is 3.09. The average Bonchev–Trinajstić information content (AvgIpc) is 2.62. The average molecular weight is 348 g/mol. The Morgan fingerprint density at radius 3 is 2.71 bits per heavy atom. The van der Waals surface area contributed by atoms with Crippen molar-refractivity contribution in [2.24, 2.45) is 0 Å². The van der Waals surface area contributed by atoms with E-state index < -0.39 is 0 Å². The number of halogens is 1. The molecule has 0 aromatic heterocycles. The molecule has 0 fully saturated rings. The Kier molecular flexibility index (Phi) is 5.11. The lowest BCUT2D eigenvalue weighted by molar-refractivity contribution is 0.0954. The van der Waals surface area contributed by atoms with Crippen LogP contribution in [0.2, 0.25) is 5.02 Å². The van der Waals surface area contributed by atoms with Crippen molar-refractivity contribution in [1.29, 1.82) is 0 Å². The van der Waals surface area contributed by atoms with Crippen molar-refractivity contribution in [3.05, 3.63) is 52.5 Å². The SMILES string of the molecule is COc1ccc(C(=O)NCCc2cc(Cl)c3c(c2)OCCO3)cc1. The first-order valence-corrected chi connectivity index (χ1v) is 8.05. The number of carbonyl (C=O) groups is 1. The maximum Gasteiger partial charge on any atom is 0.251 e. The van der Waals surface area contributed by atoms with Gasteiger partial charge in [-0.25, -0.2) is 0 Å². The molecule has 0 unspecified atom stereocenters. The van der Waals surface area contributed by atoms with Crippen LogP contribution in [0.15, 0.2) is 36.4 Å². The Morgan fingerprint density at radius 2 is 1.96 bits per heavy atom. The van der Waals surface area contributed by atoms with E-state index in [-0.39, 0.29) is 5.91 Å². The summed E-state index contributed by atoms with van der Waals surface area (Å²) in [5.74, 6) is 1.85. The summed E-state index contributed by atoms with van der Waals surface area (Å²) in [7, 11) is 1.59. The van der Waals surface area contributed by atoms with Gasteiger partial charge >= 0.3 is 0 Å². The van der Waals surface area contributed by atoms with E-state index in [1.165, 1.54) is 0 Å². The number of methoxy groups -OCH3 is 1. The molecular formula is C18H18ClNO4. The highest BCUT2D eigenvalue weighted by molar-refractivity contribution is 6.32. The molecule has 3 rings (SSSR count). The van der Waals surface area contributed by atoms with Crippen LogP contribution in [0.4, 0.5) is 0 Å². The van der Waals surface area contributed by atoms with Crippen molar-refractivity contribution >= 4 is 17.5 Å². The van der Waals surface area contributed by atoms with Crippen LogP contribution in [0.3, 0.4) is 0 Å². The first-order valence-electron chi connectivity index (χ1n) is 7.67. The second-order valence-electron chi connectivity index (χ2n) is 5.34. The molecule has 0 aliphatic carbocycles. The third kappa shape index (κ3) is 3.74. The lowest BCUT2D eigenvalue weighted by Gasteiger charge is -2.20. The van der Waals surface area contributed by atoms with E-state index in [0.29, 0.717) is 48.3 Å². The second kappa shape index (κ2) is 7.45. The molecule has 6 heteroatoms. The topological polar surface area (TPSA) is 56.8 Å². The van der Waals surface area contributed by atoms with Crippen LogP contribution in [-0.2, 0) is 6.42 Å². The molecule has 1 amide bonds. The lowest BCUT2D eigenvalue weighted by atomic mass is 10.1. The third-order valence-electron chi connectivity index (χ3n) is 3.71. The van der Waals surface area contributed by atoms with E-state index in [2.05, 4.69) is 5.32 Å². The summed E-state index contributed by atoms with van der Waals surface area (Å²) >= 11 is 6.21. The Morgan fingerprint density at radius 1 is 1.21 bits per heavy atom. The summed E-state index contributed by atoms with van der Waals surface area (Å²) in [6.45, 7) is 1.52. The van der Waals surface area contributed by atoms with Gasteiger partial charge in [0.05, 0.1) is 12.1 Å². The summed E-state index contributed by atoms with van der Waals surface area (Å²) < 4.78 is 16.1. The molecule has 0 bridgehead atoms. The van der Waals surface area contributed by atoms with Gasteiger partial charge in [0.1, 0.15) is 19.0 Å². The summed E-state index contributed by atoms with van der Waals surface area (Å²) in [4.78, 5) is 12.1. The fourth-order valence-electron chi connectivity index (χ4n) is 2.47. The molecule has 1 aliphatic rings. The Balaban J connectivity index is 1.57. The fourth-order valence-corrected chi connectivity index (χ4v) is 2.76. The normalized spacial score (nSPS) is 12.6. The maximum atomic E-state index is 12.1. The first kappa shape index (κ1) is 16.5. The van der Waals surface area contributed by atoms with E-state index in [0.717, 1.165) is 11.3 Å². The van der Waals surface area contributed by atoms with Gasteiger partial charge in [-0.2, -0.15) is 0 Å². The number of hydrogen-bond acceptors (Lipinski definition) is 4. The summed E-state index contributed by atoms with van der Waals surface area (Å²) in [5.41, 5.74) is 1.58. The van der Waals surface area contributed by atoms with Crippen LogP contribution in [0, 0.1) is 0 Å². The fraction of sp³-hybridized carbons (Fsp3) is 0.278. The van der Waals surface area contributed by atoms with Gasteiger partial charge in [-0.3, -0.25) is 4.79 Å². The summed E-state index contributed by atoms with van der Waals surface area (Å²) in [5, 5.41) is 3.42. The summed E-state index contributed by atoms with van der Waals surface area (Å²) in [6, 6.07) is 10.7. The molecule has 24 heavy (non-hydrogen) atoms. The van der Waals surface area contributed by atoms with E-state index in [9.17, 15) is 4.79 Å². The third-order valence-corrected chi connectivity index (χ3v) is 3.99. The van der Waals surface area contributed by atoms with Gasteiger partial charge in [-0.1, -0.05) is 11.6 Å². The molecule has 0 spiro atoms. The molecule has 5 nitrogen and oxygen atoms in total. The van der Waals surface area contributed by atoms with Crippen molar-refractivity contribution in [2.75, 3.05) is 26.9 Å². The van der Waals surface area contributed by atoms with Crippen molar-refractivity contribution in [3.8, 4) is 17.2 Å². The highest BCUT2D eigenvalue weighted by Crippen LogP contribution is 2.38. The van der Waals surface area contributed by atoms with Gasteiger partial charge in [-0.15, -0.1) is 0 Å². The van der Waals surface area contributed by atoms with Gasteiger partial charge in [0.2, 0.25) is 0 Å². The molecule has 1 heterocycles. The molecule has 0 atom stereocenters. The summed E-state index contributed by atoms with van der Waals surface area (Å²) in [6.07, 6.45) is 0.651. The maximum absolute atomic E-state index is 12.1. The standard InChI is InChI=1S/C18H18ClNO4/c1-22-14-4-2-13(3-5-14)18(21)20-7-6-12-10-15(19)17-16(11-12)23-8-9-24-17/h2-5,10-11H,6-9H2,1H3,(H,20,21). The van der Waals surface area contributed by atoms with Crippen LogP contribution >= 0.6 is 11.6 Å². The minimum absolute atomic E-state index is 0.124. The molecule has 2 aromatic carbocycles. The van der Waals surface area contributed by atoms with Gasteiger partial charge in [-0.05, 0) is 48.4 Å². The van der Waals surface area contributed by atoms with Crippen LogP contribution in [-0.4, -0.2) is 32.8 Å². The molecule has 0 saturated carbocycles. The number of carbonyl (C=O) groups excluding carboxylic acids is 1. The highest BCUT2D eigenvalue weighted by Gasteiger charge is 2.16. The number of amides is 1.